The molecule has 0 spiro atoms. The SMILES string of the molecule is Cc1ccc(OCCc2ccc(CN3CCN(/C(=C/C=O)c4cc(C)c(Oc5ccc(OCc6cc(C)cc(F)c6)cn5)c(Cl)c4)CC3)cc2)cc1.Cl. The molecule has 1 saturated heterocycles. The lowest BCUT2D eigenvalue weighted by atomic mass is 10.1. The van der Waals surface area contributed by atoms with Crippen LogP contribution in [-0.4, -0.2) is 53.9 Å². The van der Waals surface area contributed by atoms with Crippen molar-refractivity contribution in [3.8, 4) is 23.1 Å². The number of benzene rings is 4. The summed E-state index contributed by atoms with van der Waals surface area (Å²) in [6, 6.07) is 29.0. The van der Waals surface area contributed by atoms with Crippen LogP contribution in [0.3, 0.4) is 0 Å². The summed E-state index contributed by atoms with van der Waals surface area (Å²) < 4.78 is 31.5. The van der Waals surface area contributed by atoms with Gasteiger partial charge in [-0.15, -0.1) is 12.4 Å². The van der Waals surface area contributed by atoms with Crippen molar-refractivity contribution in [3.05, 3.63) is 153 Å². The van der Waals surface area contributed by atoms with E-state index in [2.05, 4.69) is 58.1 Å². The van der Waals surface area contributed by atoms with Crippen molar-refractivity contribution in [2.45, 2.75) is 40.3 Å². The highest BCUT2D eigenvalue weighted by Crippen LogP contribution is 2.36. The Bertz CT molecular complexity index is 1950. The van der Waals surface area contributed by atoms with Gasteiger partial charge in [0.25, 0.3) is 0 Å². The predicted molar refractivity (Wildman–Crippen MR) is 211 cm³/mol. The van der Waals surface area contributed by atoms with Gasteiger partial charge in [0.1, 0.15) is 30.2 Å². The number of carbonyl (C=O) groups is 1. The van der Waals surface area contributed by atoms with Gasteiger partial charge in [-0.1, -0.05) is 59.6 Å². The fourth-order valence-corrected chi connectivity index (χ4v) is 6.58. The summed E-state index contributed by atoms with van der Waals surface area (Å²) in [7, 11) is 0. The third-order valence-corrected chi connectivity index (χ3v) is 9.28. The summed E-state index contributed by atoms with van der Waals surface area (Å²) in [4.78, 5) is 20.8. The van der Waals surface area contributed by atoms with E-state index in [-0.39, 0.29) is 24.8 Å². The first-order chi connectivity index (χ1) is 25.2. The third kappa shape index (κ3) is 11.1. The molecular weight excluding hydrogens is 712 g/mol. The smallest absolute Gasteiger partial charge is 0.219 e. The molecule has 1 aliphatic rings. The van der Waals surface area contributed by atoms with Crippen LogP contribution in [0.5, 0.6) is 23.1 Å². The highest BCUT2D eigenvalue weighted by molar-refractivity contribution is 6.32. The number of allylic oxidation sites excluding steroid dienone is 1. The van der Waals surface area contributed by atoms with Crippen LogP contribution in [-0.2, 0) is 24.4 Å². The van der Waals surface area contributed by atoms with E-state index < -0.39 is 0 Å². The molecule has 1 aliphatic heterocycles. The summed E-state index contributed by atoms with van der Waals surface area (Å²) in [6.45, 7) is 10.8. The average Bonchev–Trinajstić information content (AvgIpc) is 3.13. The zero-order valence-electron chi connectivity index (χ0n) is 30.2. The summed E-state index contributed by atoms with van der Waals surface area (Å²) in [5.74, 6) is 1.98. The number of rotatable bonds is 14. The topological polar surface area (TPSA) is 64.1 Å². The van der Waals surface area contributed by atoms with E-state index in [1.54, 1.807) is 24.4 Å². The Morgan fingerprint density at radius 3 is 2.19 bits per heavy atom. The molecule has 7 nitrogen and oxygen atoms in total. The summed E-state index contributed by atoms with van der Waals surface area (Å²) in [5.41, 5.74) is 7.81. The van der Waals surface area contributed by atoms with Crippen LogP contribution in [0.4, 0.5) is 4.39 Å². The molecule has 0 saturated carbocycles. The van der Waals surface area contributed by atoms with Gasteiger partial charge in [0.2, 0.25) is 5.88 Å². The van der Waals surface area contributed by atoms with Crippen molar-refractivity contribution in [2.24, 2.45) is 0 Å². The molecule has 2 heterocycles. The minimum Gasteiger partial charge on any atom is -0.493 e. The number of aryl methyl sites for hydroxylation is 3. The number of hydrogen-bond donors (Lipinski definition) is 0. The van der Waals surface area contributed by atoms with Crippen LogP contribution >= 0.6 is 24.0 Å². The van der Waals surface area contributed by atoms with E-state index in [4.69, 9.17) is 25.8 Å². The number of hydrogen-bond acceptors (Lipinski definition) is 7. The number of aldehydes is 1. The molecule has 0 amide bonds. The molecule has 6 rings (SSSR count). The Kier molecular flexibility index (Phi) is 13.9. The van der Waals surface area contributed by atoms with E-state index in [0.717, 1.165) is 79.1 Å². The minimum atomic E-state index is -0.291. The fraction of sp³-hybridized carbons (Fsp3) is 0.256. The lowest BCUT2D eigenvalue weighted by Gasteiger charge is -2.37. The van der Waals surface area contributed by atoms with Crippen LogP contribution < -0.4 is 14.2 Å². The fourth-order valence-electron chi connectivity index (χ4n) is 6.27. The molecule has 5 aromatic rings. The molecule has 0 atom stereocenters. The van der Waals surface area contributed by atoms with E-state index in [0.29, 0.717) is 29.0 Å². The Hall–Kier alpha value is -4.89. The van der Waals surface area contributed by atoms with Gasteiger partial charge in [-0.05, 0) is 96.6 Å². The number of halogens is 3. The van der Waals surface area contributed by atoms with Crippen molar-refractivity contribution in [2.75, 3.05) is 32.8 Å². The number of carbonyl (C=O) groups excluding carboxylic acids is 1. The zero-order chi connectivity index (χ0) is 36.5. The Morgan fingerprint density at radius 2 is 1.53 bits per heavy atom. The Balaban J connectivity index is 0.00000541. The summed E-state index contributed by atoms with van der Waals surface area (Å²) in [6.07, 6.45) is 4.84. The number of piperazine rings is 1. The second-order valence-electron chi connectivity index (χ2n) is 13.1. The standard InChI is InChI=1S/C43H43ClFN3O4.ClH/c1-30-4-10-38(11-5-30)50-21-15-33-6-8-34(9-7-33)28-47-16-18-48(19-17-47)41(14-20-49)36-24-32(3)43(40(44)26-36)52-42-13-12-39(27-46-42)51-29-35-22-31(2)23-37(45)25-35;/h4-14,20,22-27H,15-19,21,28-29H2,1-3H3;1H/b41-14+;. The molecule has 53 heavy (non-hydrogen) atoms. The van der Waals surface area contributed by atoms with Gasteiger partial charge in [-0.2, -0.15) is 0 Å². The maximum atomic E-state index is 13.7. The molecule has 0 N–H and O–H groups in total. The minimum absolute atomic E-state index is 0. The normalized spacial score (nSPS) is 13.3. The van der Waals surface area contributed by atoms with Crippen molar-refractivity contribution in [1.29, 1.82) is 0 Å². The zero-order valence-corrected chi connectivity index (χ0v) is 31.8. The molecular formula is C43H44Cl2FN3O4. The molecule has 10 heteroatoms. The van der Waals surface area contributed by atoms with E-state index >= 15 is 0 Å². The van der Waals surface area contributed by atoms with Crippen molar-refractivity contribution < 1.29 is 23.4 Å². The molecule has 1 aromatic heterocycles. The second-order valence-corrected chi connectivity index (χ2v) is 13.6. The number of pyridine rings is 1. The second kappa shape index (κ2) is 18.7. The van der Waals surface area contributed by atoms with Gasteiger partial charge < -0.3 is 19.1 Å². The van der Waals surface area contributed by atoms with Crippen molar-refractivity contribution in [1.82, 2.24) is 14.8 Å². The first-order valence-corrected chi connectivity index (χ1v) is 17.8. The van der Waals surface area contributed by atoms with Crippen LogP contribution in [0.15, 0.2) is 103 Å². The number of nitrogens with zero attached hydrogens (tertiary/aromatic N) is 3. The monoisotopic (exact) mass is 755 g/mol. The molecule has 1 fully saturated rings. The first kappa shape index (κ1) is 39.3. The molecule has 0 unspecified atom stereocenters. The molecule has 276 valence electrons. The number of ether oxygens (including phenoxy) is 3. The maximum absolute atomic E-state index is 13.7. The van der Waals surface area contributed by atoms with Gasteiger partial charge in [0.15, 0.2) is 5.75 Å². The third-order valence-electron chi connectivity index (χ3n) is 9.00. The van der Waals surface area contributed by atoms with E-state index in [1.165, 1.54) is 28.8 Å². The van der Waals surface area contributed by atoms with Crippen molar-refractivity contribution >= 4 is 36.0 Å². The summed E-state index contributed by atoms with van der Waals surface area (Å²) in [5, 5.41) is 0.416. The Labute approximate surface area is 322 Å². The average molecular weight is 757 g/mol. The van der Waals surface area contributed by atoms with E-state index in [1.807, 2.05) is 44.2 Å². The lowest BCUT2D eigenvalue weighted by molar-refractivity contribution is -0.104. The molecule has 4 aromatic carbocycles. The van der Waals surface area contributed by atoms with Gasteiger partial charge in [0, 0.05) is 57.0 Å². The largest absolute Gasteiger partial charge is 0.493 e. The first-order valence-electron chi connectivity index (χ1n) is 17.5. The maximum Gasteiger partial charge on any atom is 0.219 e. The molecule has 0 aliphatic carbocycles. The van der Waals surface area contributed by atoms with Gasteiger partial charge >= 0.3 is 0 Å². The van der Waals surface area contributed by atoms with Crippen LogP contribution in [0, 0.1) is 26.6 Å². The van der Waals surface area contributed by atoms with Crippen LogP contribution in [0.25, 0.3) is 5.70 Å². The van der Waals surface area contributed by atoms with Gasteiger partial charge in [-0.25, -0.2) is 9.37 Å². The summed E-state index contributed by atoms with van der Waals surface area (Å²) >= 11 is 6.77. The Morgan fingerprint density at radius 1 is 0.811 bits per heavy atom. The highest BCUT2D eigenvalue weighted by Gasteiger charge is 2.22. The molecule has 0 radical (unpaired) electrons. The lowest BCUT2D eigenvalue weighted by Crippen LogP contribution is -2.45. The van der Waals surface area contributed by atoms with E-state index in [9.17, 15) is 9.18 Å². The molecule has 0 bridgehead atoms. The van der Waals surface area contributed by atoms with Gasteiger partial charge in [-0.3, -0.25) is 9.69 Å². The predicted octanol–water partition coefficient (Wildman–Crippen LogP) is 9.57. The van der Waals surface area contributed by atoms with Crippen molar-refractivity contribution in [3.63, 3.8) is 0 Å². The number of aromatic nitrogens is 1. The van der Waals surface area contributed by atoms with Crippen LogP contribution in [0.1, 0.15) is 38.9 Å². The van der Waals surface area contributed by atoms with Crippen LogP contribution in [0.2, 0.25) is 5.02 Å². The quantitative estimate of drug-likeness (QED) is 0.0827. The highest BCUT2D eigenvalue weighted by atomic mass is 35.5. The van der Waals surface area contributed by atoms with Gasteiger partial charge in [0.05, 0.1) is 17.8 Å².